The van der Waals surface area contributed by atoms with E-state index in [9.17, 15) is 13.2 Å². The fourth-order valence-corrected chi connectivity index (χ4v) is 3.02. The minimum atomic E-state index is -3.88. The Hall–Kier alpha value is -2.04. The van der Waals surface area contributed by atoms with Crippen molar-refractivity contribution < 1.29 is 26.9 Å². The van der Waals surface area contributed by atoms with Gasteiger partial charge in [0.05, 0.1) is 18.9 Å². The van der Waals surface area contributed by atoms with Crippen molar-refractivity contribution in [3.63, 3.8) is 0 Å². The molecule has 0 spiro atoms. The van der Waals surface area contributed by atoms with E-state index >= 15 is 0 Å². The van der Waals surface area contributed by atoms with Crippen molar-refractivity contribution >= 4 is 22.1 Å². The van der Waals surface area contributed by atoms with Crippen LogP contribution in [0.1, 0.15) is 13.8 Å². The van der Waals surface area contributed by atoms with Crippen LogP contribution in [-0.2, 0) is 15.0 Å². The molecular weight excluding hydrogens is 374 g/mol. The number of anilines is 1. The van der Waals surface area contributed by atoms with E-state index < -0.39 is 16.4 Å². The van der Waals surface area contributed by atoms with Crippen LogP contribution in [0, 0.1) is 0 Å². The SMILES string of the molecule is CCN(CC)C(=O)Oc1ccc(OS(=O)(=O)N(C)C)cc1N1CCOCC1. The van der Waals surface area contributed by atoms with Crippen molar-refractivity contribution in [2.24, 2.45) is 0 Å². The fraction of sp³-hybridized carbons (Fsp3) is 0.588. The Balaban J connectivity index is 2.33. The molecule has 1 amide bonds. The van der Waals surface area contributed by atoms with Crippen molar-refractivity contribution in [2.75, 3.05) is 58.4 Å². The van der Waals surface area contributed by atoms with Gasteiger partial charge in [-0.3, -0.25) is 0 Å². The van der Waals surface area contributed by atoms with Crippen LogP contribution in [0.3, 0.4) is 0 Å². The third-order valence-electron chi connectivity index (χ3n) is 4.15. The lowest BCUT2D eigenvalue weighted by Crippen LogP contribution is -2.37. The smallest absolute Gasteiger partial charge is 0.408 e. The molecule has 0 saturated carbocycles. The van der Waals surface area contributed by atoms with E-state index in [1.165, 1.54) is 20.2 Å². The Kier molecular flexibility index (Phi) is 7.28. The molecule has 1 aromatic rings. The standard InChI is InChI=1S/C17H27N3O6S/c1-5-19(6-2)17(21)25-16-8-7-14(26-27(22,23)18(3)4)13-15(16)20-9-11-24-12-10-20/h7-8,13H,5-6,9-12H2,1-4H3. The number of rotatable bonds is 7. The molecule has 0 bridgehead atoms. The van der Waals surface area contributed by atoms with Gasteiger partial charge in [0, 0.05) is 46.3 Å². The van der Waals surface area contributed by atoms with Crippen LogP contribution in [0.5, 0.6) is 11.5 Å². The van der Waals surface area contributed by atoms with Crippen molar-refractivity contribution in [1.29, 1.82) is 0 Å². The quantitative estimate of drug-likeness (QED) is 0.685. The third kappa shape index (κ3) is 5.47. The van der Waals surface area contributed by atoms with Crippen LogP contribution in [-0.4, -0.2) is 77.2 Å². The van der Waals surface area contributed by atoms with Gasteiger partial charge in [-0.2, -0.15) is 12.7 Å². The number of hydrogen-bond acceptors (Lipinski definition) is 7. The van der Waals surface area contributed by atoms with Gasteiger partial charge in [-0.1, -0.05) is 0 Å². The minimum Gasteiger partial charge on any atom is -0.408 e. The molecule has 10 heteroatoms. The van der Waals surface area contributed by atoms with Gasteiger partial charge in [-0.25, -0.2) is 4.79 Å². The van der Waals surface area contributed by atoms with Gasteiger partial charge in [-0.15, -0.1) is 0 Å². The zero-order chi connectivity index (χ0) is 20.0. The largest absolute Gasteiger partial charge is 0.415 e. The first-order valence-corrected chi connectivity index (χ1v) is 10.2. The van der Waals surface area contributed by atoms with Gasteiger partial charge in [0.1, 0.15) is 5.75 Å². The Morgan fingerprint density at radius 2 is 1.81 bits per heavy atom. The number of morpholine rings is 1. The molecule has 1 saturated heterocycles. The summed E-state index contributed by atoms with van der Waals surface area (Å²) in [6.07, 6.45) is -0.455. The van der Waals surface area contributed by atoms with Crippen LogP contribution < -0.4 is 13.8 Å². The second kappa shape index (κ2) is 9.25. The fourth-order valence-electron chi connectivity index (χ4n) is 2.52. The van der Waals surface area contributed by atoms with Crippen molar-refractivity contribution in [3.05, 3.63) is 18.2 Å². The average Bonchev–Trinajstić information content (AvgIpc) is 2.64. The maximum Gasteiger partial charge on any atom is 0.415 e. The van der Waals surface area contributed by atoms with Crippen LogP contribution in [0.4, 0.5) is 10.5 Å². The summed E-state index contributed by atoms with van der Waals surface area (Å²) >= 11 is 0. The summed E-state index contributed by atoms with van der Waals surface area (Å²) < 4.78 is 41.0. The Morgan fingerprint density at radius 1 is 1.19 bits per heavy atom. The maximum atomic E-state index is 12.3. The van der Waals surface area contributed by atoms with E-state index in [4.69, 9.17) is 13.7 Å². The molecule has 0 N–H and O–H groups in total. The van der Waals surface area contributed by atoms with Gasteiger partial charge in [0.2, 0.25) is 0 Å². The molecule has 1 aliphatic rings. The van der Waals surface area contributed by atoms with E-state index in [0.29, 0.717) is 50.8 Å². The molecule has 9 nitrogen and oxygen atoms in total. The Bertz CT molecular complexity index is 743. The highest BCUT2D eigenvalue weighted by molar-refractivity contribution is 7.84. The molecule has 1 heterocycles. The summed E-state index contributed by atoms with van der Waals surface area (Å²) in [5, 5.41) is 0. The second-order valence-corrected chi connectivity index (χ2v) is 7.85. The van der Waals surface area contributed by atoms with E-state index in [2.05, 4.69) is 0 Å². The van der Waals surface area contributed by atoms with Crippen molar-refractivity contribution in [3.8, 4) is 11.5 Å². The lowest BCUT2D eigenvalue weighted by molar-refractivity contribution is 0.122. The summed E-state index contributed by atoms with van der Waals surface area (Å²) in [6, 6.07) is 4.58. The van der Waals surface area contributed by atoms with Gasteiger partial charge >= 0.3 is 16.4 Å². The van der Waals surface area contributed by atoms with Gasteiger partial charge in [0.15, 0.2) is 5.75 Å². The molecule has 1 fully saturated rings. The predicted molar refractivity (Wildman–Crippen MR) is 102 cm³/mol. The highest BCUT2D eigenvalue weighted by Crippen LogP contribution is 2.34. The Labute approximate surface area is 160 Å². The van der Waals surface area contributed by atoms with E-state index in [1.807, 2.05) is 18.7 Å². The number of carbonyl (C=O) groups excluding carboxylic acids is 1. The lowest BCUT2D eigenvalue weighted by Gasteiger charge is -2.30. The van der Waals surface area contributed by atoms with Crippen LogP contribution in [0.2, 0.25) is 0 Å². The second-order valence-electron chi connectivity index (χ2n) is 6.09. The molecule has 0 radical (unpaired) electrons. The maximum absolute atomic E-state index is 12.3. The zero-order valence-corrected chi connectivity index (χ0v) is 17.0. The molecule has 0 aliphatic carbocycles. The summed E-state index contributed by atoms with van der Waals surface area (Å²) in [6.45, 7) is 7.07. The number of hydrogen-bond donors (Lipinski definition) is 0. The Morgan fingerprint density at radius 3 is 2.37 bits per heavy atom. The average molecular weight is 401 g/mol. The van der Waals surface area contributed by atoms with Crippen LogP contribution in [0.15, 0.2) is 18.2 Å². The van der Waals surface area contributed by atoms with Crippen LogP contribution in [0.25, 0.3) is 0 Å². The van der Waals surface area contributed by atoms with Gasteiger partial charge in [0.25, 0.3) is 0 Å². The zero-order valence-electron chi connectivity index (χ0n) is 16.2. The first-order valence-electron chi connectivity index (χ1n) is 8.84. The number of carbonyl (C=O) groups is 1. The van der Waals surface area contributed by atoms with Gasteiger partial charge < -0.3 is 23.5 Å². The highest BCUT2D eigenvalue weighted by Gasteiger charge is 2.22. The van der Waals surface area contributed by atoms with Crippen molar-refractivity contribution in [2.45, 2.75) is 13.8 Å². The number of nitrogens with zero attached hydrogens (tertiary/aromatic N) is 3. The first kappa shape index (κ1) is 21.3. The molecule has 0 unspecified atom stereocenters. The summed E-state index contributed by atoms with van der Waals surface area (Å²) in [5.74, 6) is 0.497. The van der Waals surface area contributed by atoms with E-state index in [-0.39, 0.29) is 5.75 Å². The van der Waals surface area contributed by atoms with Gasteiger partial charge in [-0.05, 0) is 26.0 Å². The van der Waals surface area contributed by atoms with E-state index in [0.717, 1.165) is 4.31 Å². The summed E-state index contributed by atoms with van der Waals surface area (Å²) in [4.78, 5) is 15.9. The molecule has 27 heavy (non-hydrogen) atoms. The minimum absolute atomic E-state index is 0.146. The van der Waals surface area contributed by atoms with Crippen molar-refractivity contribution in [1.82, 2.24) is 9.21 Å². The molecule has 0 atom stereocenters. The number of amides is 1. The number of ether oxygens (including phenoxy) is 2. The first-order chi connectivity index (χ1) is 12.8. The molecule has 2 rings (SSSR count). The number of benzene rings is 1. The molecular formula is C17H27N3O6S. The molecule has 1 aromatic carbocycles. The lowest BCUT2D eigenvalue weighted by atomic mass is 10.2. The van der Waals surface area contributed by atoms with Crippen LogP contribution >= 0.6 is 0 Å². The normalized spacial score (nSPS) is 14.9. The monoisotopic (exact) mass is 401 g/mol. The molecule has 0 aromatic heterocycles. The molecule has 1 aliphatic heterocycles. The predicted octanol–water partition coefficient (Wildman–Crippen LogP) is 1.55. The molecule has 152 valence electrons. The third-order valence-corrected chi connectivity index (χ3v) is 5.45. The summed E-state index contributed by atoms with van der Waals surface area (Å²) in [5.41, 5.74) is 0.588. The summed E-state index contributed by atoms with van der Waals surface area (Å²) in [7, 11) is -1.11. The van der Waals surface area contributed by atoms with E-state index in [1.54, 1.807) is 17.0 Å². The highest BCUT2D eigenvalue weighted by atomic mass is 32.2. The topological polar surface area (TPSA) is 88.6 Å².